The maximum atomic E-state index is 12.4. The Bertz CT molecular complexity index is 673. The van der Waals surface area contributed by atoms with Crippen LogP contribution in [0.2, 0.25) is 0 Å². The third kappa shape index (κ3) is 4.86. The summed E-state index contributed by atoms with van der Waals surface area (Å²) in [7, 11) is 1.56. The fourth-order valence-electron chi connectivity index (χ4n) is 2.41. The highest BCUT2D eigenvalue weighted by atomic mass is 32.1. The first kappa shape index (κ1) is 19.1. The molecule has 0 spiro atoms. The zero-order chi connectivity index (χ0) is 18.4. The number of esters is 1. The maximum Gasteiger partial charge on any atom is 0.350 e. The Morgan fingerprint density at radius 3 is 2.96 bits per heavy atom. The predicted molar refractivity (Wildman–Crippen MR) is 92.5 cm³/mol. The molecule has 8 nitrogen and oxygen atoms in total. The van der Waals surface area contributed by atoms with E-state index >= 15 is 0 Å². The molecule has 136 valence electrons. The lowest BCUT2D eigenvalue weighted by Gasteiger charge is -2.15. The first-order valence-corrected chi connectivity index (χ1v) is 8.61. The van der Waals surface area contributed by atoms with Gasteiger partial charge in [0, 0.05) is 26.6 Å². The average molecular weight is 367 g/mol. The molecule has 2 amide bonds. The van der Waals surface area contributed by atoms with Gasteiger partial charge in [0.15, 0.2) is 5.13 Å². The molecular formula is C16H21N3O5S. The van der Waals surface area contributed by atoms with Gasteiger partial charge in [0.25, 0.3) is 0 Å². The van der Waals surface area contributed by atoms with Crippen LogP contribution < -0.4 is 5.32 Å². The van der Waals surface area contributed by atoms with Gasteiger partial charge in [0.05, 0.1) is 18.2 Å². The minimum atomic E-state index is -0.503. The number of nitrogens with zero attached hydrogens (tertiary/aromatic N) is 2. The van der Waals surface area contributed by atoms with E-state index in [0.717, 1.165) is 11.3 Å². The van der Waals surface area contributed by atoms with Gasteiger partial charge < -0.3 is 19.7 Å². The summed E-state index contributed by atoms with van der Waals surface area (Å²) in [6.45, 7) is 6.52. The van der Waals surface area contributed by atoms with Crippen molar-refractivity contribution in [2.75, 3.05) is 38.7 Å². The number of aryl methyl sites for hydroxylation is 1. The molecular weight excluding hydrogens is 346 g/mol. The van der Waals surface area contributed by atoms with Gasteiger partial charge in [-0.15, -0.1) is 0 Å². The number of amides is 2. The van der Waals surface area contributed by atoms with Crippen molar-refractivity contribution in [3.8, 4) is 0 Å². The molecule has 1 fully saturated rings. The van der Waals surface area contributed by atoms with Crippen LogP contribution in [0.5, 0.6) is 0 Å². The lowest BCUT2D eigenvalue weighted by Crippen LogP contribution is -2.30. The van der Waals surface area contributed by atoms with Crippen LogP contribution in [0.15, 0.2) is 12.7 Å². The molecule has 25 heavy (non-hydrogen) atoms. The monoisotopic (exact) mass is 367 g/mol. The number of methoxy groups -OCH3 is 1. The highest BCUT2D eigenvalue weighted by molar-refractivity contribution is 7.17. The number of rotatable bonds is 8. The number of nitrogens with one attached hydrogen (secondary N) is 1. The second kappa shape index (κ2) is 8.72. The normalized spacial score (nSPS) is 16.8. The SMILES string of the molecule is C=CCOC(=O)c1sc(NC(=O)C2CC(=O)N(CCOC)C2)nc1C. The molecule has 9 heteroatoms. The number of likely N-dealkylation sites (tertiary alicyclic amines) is 1. The Balaban J connectivity index is 1.96. The van der Waals surface area contributed by atoms with Gasteiger partial charge in [-0.3, -0.25) is 9.59 Å². The molecule has 0 bridgehead atoms. The van der Waals surface area contributed by atoms with Crippen molar-refractivity contribution >= 4 is 34.3 Å². The van der Waals surface area contributed by atoms with Crippen LogP contribution in [0.4, 0.5) is 5.13 Å². The molecule has 1 saturated heterocycles. The van der Waals surface area contributed by atoms with E-state index in [9.17, 15) is 14.4 Å². The molecule has 1 aromatic heterocycles. The number of aromatic nitrogens is 1. The van der Waals surface area contributed by atoms with E-state index in [1.54, 1.807) is 18.9 Å². The summed E-state index contributed by atoms with van der Waals surface area (Å²) in [4.78, 5) is 42.3. The third-order valence-electron chi connectivity index (χ3n) is 3.70. The van der Waals surface area contributed by atoms with Crippen molar-refractivity contribution in [3.05, 3.63) is 23.2 Å². The van der Waals surface area contributed by atoms with Gasteiger partial charge in [-0.2, -0.15) is 0 Å². The lowest BCUT2D eigenvalue weighted by atomic mass is 10.1. The molecule has 1 atom stereocenters. The zero-order valence-corrected chi connectivity index (χ0v) is 15.1. The van der Waals surface area contributed by atoms with Crippen LogP contribution in [0.25, 0.3) is 0 Å². The Morgan fingerprint density at radius 1 is 1.52 bits per heavy atom. The average Bonchev–Trinajstić information content (AvgIpc) is 3.13. The topological polar surface area (TPSA) is 97.8 Å². The Morgan fingerprint density at radius 2 is 2.28 bits per heavy atom. The van der Waals surface area contributed by atoms with Gasteiger partial charge in [-0.1, -0.05) is 24.0 Å². The zero-order valence-electron chi connectivity index (χ0n) is 14.2. The van der Waals surface area contributed by atoms with Gasteiger partial charge in [-0.25, -0.2) is 9.78 Å². The third-order valence-corrected chi connectivity index (χ3v) is 4.75. The van der Waals surface area contributed by atoms with E-state index in [1.165, 1.54) is 6.08 Å². The molecule has 0 aromatic carbocycles. The number of hydrogen-bond acceptors (Lipinski definition) is 7. The molecule has 0 radical (unpaired) electrons. The largest absolute Gasteiger partial charge is 0.457 e. The van der Waals surface area contributed by atoms with Crippen molar-refractivity contribution in [2.45, 2.75) is 13.3 Å². The first-order valence-electron chi connectivity index (χ1n) is 7.79. The molecule has 1 N–H and O–H groups in total. The summed E-state index contributed by atoms with van der Waals surface area (Å²) in [5.74, 6) is -1.30. The van der Waals surface area contributed by atoms with Crippen molar-refractivity contribution < 1.29 is 23.9 Å². The van der Waals surface area contributed by atoms with E-state index in [2.05, 4.69) is 16.9 Å². The van der Waals surface area contributed by atoms with Crippen molar-refractivity contribution in [2.24, 2.45) is 5.92 Å². The predicted octanol–water partition coefficient (Wildman–Crippen LogP) is 1.23. The second-order valence-corrected chi connectivity index (χ2v) is 6.54. The molecule has 1 aromatic rings. The molecule has 1 unspecified atom stereocenters. The van der Waals surface area contributed by atoms with Crippen molar-refractivity contribution in [3.63, 3.8) is 0 Å². The lowest BCUT2D eigenvalue weighted by molar-refractivity contribution is -0.128. The Hall–Kier alpha value is -2.26. The summed E-state index contributed by atoms with van der Waals surface area (Å²) < 4.78 is 9.94. The molecule has 0 saturated carbocycles. The van der Waals surface area contributed by atoms with Crippen LogP contribution in [0, 0.1) is 12.8 Å². The van der Waals surface area contributed by atoms with E-state index in [1.807, 2.05) is 0 Å². The van der Waals surface area contributed by atoms with E-state index in [-0.39, 0.29) is 24.8 Å². The summed E-state index contributed by atoms with van der Waals surface area (Å²) in [5, 5.41) is 3.00. The highest BCUT2D eigenvalue weighted by Gasteiger charge is 2.34. The number of carbonyl (C=O) groups excluding carboxylic acids is 3. The van der Waals surface area contributed by atoms with Crippen molar-refractivity contribution in [1.29, 1.82) is 0 Å². The second-order valence-electron chi connectivity index (χ2n) is 5.54. The van der Waals surface area contributed by atoms with Crippen molar-refractivity contribution in [1.82, 2.24) is 9.88 Å². The quantitative estimate of drug-likeness (QED) is 0.548. The van der Waals surface area contributed by atoms with Crippen LogP contribution in [0.3, 0.4) is 0 Å². The minimum absolute atomic E-state index is 0.0683. The Kier molecular flexibility index (Phi) is 6.65. The number of hydrogen-bond donors (Lipinski definition) is 1. The van der Waals surface area contributed by atoms with Crippen LogP contribution in [0.1, 0.15) is 21.8 Å². The van der Waals surface area contributed by atoms with Gasteiger partial charge in [-0.05, 0) is 6.92 Å². The van der Waals surface area contributed by atoms with Crippen LogP contribution >= 0.6 is 11.3 Å². The minimum Gasteiger partial charge on any atom is -0.457 e. The van der Waals surface area contributed by atoms with Gasteiger partial charge in [0.1, 0.15) is 11.5 Å². The molecule has 1 aliphatic rings. The smallest absolute Gasteiger partial charge is 0.350 e. The molecule has 2 rings (SSSR count). The molecule has 2 heterocycles. The Labute approximate surface area is 149 Å². The van der Waals surface area contributed by atoms with E-state index in [4.69, 9.17) is 9.47 Å². The molecule has 0 aliphatic carbocycles. The summed E-state index contributed by atoms with van der Waals surface area (Å²) in [6.07, 6.45) is 1.64. The van der Waals surface area contributed by atoms with Gasteiger partial charge in [0.2, 0.25) is 11.8 Å². The number of thiazole rings is 1. The first-order chi connectivity index (χ1) is 12.0. The summed E-state index contributed by atoms with van der Waals surface area (Å²) in [6, 6.07) is 0. The van der Waals surface area contributed by atoms with Crippen LogP contribution in [-0.4, -0.2) is 61.1 Å². The number of carbonyl (C=O) groups is 3. The summed E-state index contributed by atoms with van der Waals surface area (Å²) >= 11 is 1.05. The van der Waals surface area contributed by atoms with E-state index in [0.29, 0.717) is 35.4 Å². The van der Waals surface area contributed by atoms with E-state index < -0.39 is 11.9 Å². The maximum absolute atomic E-state index is 12.4. The number of ether oxygens (including phenoxy) is 2. The van der Waals surface area contributed by atoms with Gasteiger partial charge >= 0.3 is 5.97 Å². The molecule has 1 aliphatic heterocycles. The fourth-order valence-corrected chi connectivity index (χ4v) is 3.28. The standard InChI is InChI=1S/C16H21N3O5S/c1-4-6-24-15(22)13-10(2)17-16(25-13)18-14(21)11-8-12(20)19(9-11)5-7-23-3/h4,11H,1,5-9H2,2-3H3,(H,17,18,21). The summed E-state index contributed by atoms with van der Waals surface area (Å²) in [5.41, 5.74) is 0.485. The number of anilines is 1. The highest BCUT2D eigenvalue weighted by Crippen LogP contribution is 2.25. The fraction of sp³-hybridized carbons (Fsp3) is 0.500. The van der Waals surface area contributed by atoms with Crippen LogP contribution in [-0.2, 0) is 19.1 Å².